The van der Waals surface area contributed by atoms with Crippen molar-refractivity contribution in [1.29, 1.82) is 0 Å². The first-order chi connectivity index (χ1) is 16.7. The van der Waals surface area contributed by atoms with E-state index in [1.54, 1.807) is 18.2 Å². The molecule has 1 saturated heterocycles. The molecule has 1 fully saturated rings. The molecule has 2 aromatic heterocycles. The first-order valence-electron chi connectivity index (χ1n) is 10.2. The predicted octanol–water partition coefficient (Wildman–Crippen LogP) is 3.14. The summed E-state index contributed by atoms with van der Waals surface area (Å²) in [6, 6.07) is 8.01. The van der Waals surface area contributed by atoms with E-state index >= 15 is 0 Å². The number of sulfonamides is 1. The minimum atomic E-state index is -4.31. The van der Waals surface area contributed by atoms with Gasteiger partial charge in [0.25, 0.3) is 5.91 Å². The number of nitrogens with one attached hydrogen (secondary N) is 1. The second kappa shape index (κ2) is 10.6. The van der Waals surface area contributed by atoms with Gasteiger partial charge in [-0.3, -0.25) is 9.59 Å². The van der Waals surface area contributed by atoms with Crippen molar-refractivity contribution >= 4 is 62.1 Å². The molecule has 0 spiro atoms. The number of rotatable bonds is 8. The van der Waals surface area contributed by atoms with Gasteiger partial charge in [0.1, 0.15) is 17.5 Å². The van der Waals surface area contributed by atoms with Crippen LogP contribution in [0, 0.1) is 0 Å². The Labute approximate surface area is 214 Å². The van der Waals surface area contributed by atoms with Crippen molar-refractivity contribution in [1.82, 2.24) is 9.88 Å². The molecular formula is C21H19Cl2N3O7S2. The molecule has 4 rings (SSSR count). The summed E-state index contributed by atoms with van der Waals surface area (Å²) in [7, 11) is -3.17. The minimum Gasteiger partial charge on any atom is -0.468 e. The zero-order valence-corrected chi connectivity index (χ0v) is 21.3. The lowest BCUT2D eigenvalue weighted by Crippen LogP contribution is -2.43. The third-order valence-electron chi connectivity index (χ3n) is 5.08. The second-order valence-electron chi connectivity index (χ2n) is 7.37. The molecule has 1 aliphatic rings. The molecule has 0 aliphatic carbocycles. The Morgan fingerprint density at radius 3 is 2.80 bits per heavy atom. The number of amides is 1. The van der Waals surface area contributed by atoms with Crippen LogP contribution in [0.1, 0.15) is 5.69 Å². The summed E-state index contributed by atoms with van der Waals surface area (Å²) in [4.78, 5) is 26.4. The molecule has 35 heavy (non-hydrogen) atoms. The summed E-state index contributed by atoms with van der Waals surface area (Å²) >= 11 is 13.7. The summed E-state index contributed by atoms with van der Waals surface area (Å²) < 4.78 is 44.6. The van der Waals surface area contributed by atoms with Gasteiger partial charge in [0.15, 0.2) is 5.76 Å². The number of carbonyl (C=O) groups is 2. The zero-order chi connectivity index (χ0) is 25.2. The molecule has 14 heteroatoms. The van der Waals surface area contributed by atoms with Crippen molar-refractivity contribution < 1.29 is 32.0 Å². The lowest BCUT2D eigenvalue weighted by molar-refractivity contribution is -0.142. The molecule has 186 valence electrons. The average Bonchev–Trinajstić information content (AvgIpc) is 3.47. The Balaban J connectivity index is 1.58. The van der Waals surface area contributed by atoms with Crippen LogP contribution in [0.4, 0.5) is 5.69 Å². The third-order valence-corrected chi connectivity index (χ3v) is 8.35. The van der Waals surface area contributed by atoms with Gasteiger partial charge in [-0.25, -0.2) is 8.42 Å². The highest BCUT2D eigenvalue weighted by Crippen LogP contribution is 2.34. The number of aromatic nitrogens is 1. The average molecular weight is 560 g/mol. The number of anilines is 1. The van der Waals surface area contributed by atoms with Crippen molar-refractivity contribution in [3.63, 3.8) is 0 Å². The second-order valence-corrected chi connectivity index (χ2v) is 11.2. The van der Waals surface area contributed by atoms with Crippen molar-refractivity contribution in [3.8, 4) is 10.6 Å². The molecular weight excluding hydrogens is 541 g/mol. The molecule has 0 radical (unpaired) electrons. The number of hydrogen-bond acceptors (Lipinski definition) is 9. The largest absolute Gasteiger partial charge is 0.468 e. The fraction of sp³-hybridized carbons (Fsp3) is 0.286. The van der Waals surface area contributed by atoms with Crippen LogP contribution in [0.25, 0.3) is 10.6 Å². The van der Waals surface area contributed by atoms with E-state index in [1.807, 2.05) is 0 Å². The van der Waals surface area contributed by atoms with Crippen LogP contribution in [-0.4, -0.2) is 58.4 Å². The third kappa shape index (κ3) is 5.68. The minimum absolute atomic E-state index is 0.132. The summed E-state index contributed by atoms with van der Waals surface area (Å²) in [5.74, 6) is -0.746. The Kier molecular flexibility index (Phi) is 7.79. The van der Waals surface area contributed by atoms with E-state index < -0.39 is 22.0 Å². The Bertz CT molecular complexity index is 1360. The van der Waals surface area contributed by atoms with Crippen LogP contribution in [0.3, 0.4) is 0 Å². The highest BCUT2D eigenvalue weighted by Gasteiger charge is 2.31. The number of methoxy groups -OCH3 is 1. The van der Waals surface area contributed by atoms with Gasteiger partial charge in [0.2, 0.25) is 10.0 Å². The zero-order valence-electron chi connectivity index (χ0n) is 18.2. The first kappa shape index (κ1) is 25.6. The van der Waals surface area contributed by atoms with Gasteiger partial charge in [-0.2, -0.15) is 4.72 Å². The van der Waals surface area contributed by atoms with Crippen molar-refractivity contribution in [2.75, 3.05) is 31.8 Å². The molecule has 3 aromatic rings. The Morgan fingerprint density at radius 1 is 1.31 bits per heavy atom. The summed E-state index contributed by atoms with van der Waals surface area (Å²) in [5.41, 5.74) is 0.551. The molecule has 1 N–H and O–H groups in total. The molecule has 1 aromatic carbocycles. The van der Waals surface area contributed by atoms with Gasteiger partial charge < -0.3 is 18.9 Å². The van der Waals surface area contributed by atoms with Crippen molar-refractivity contribution in [2.45, 2.75) is 17.4 Å². The summed E-state index contributed by atoms with van der Waals surface area (Å²) in [6.45, 7) is 0.386. The molecule has 1 aliphatic heterocycles. The Hall–Kier alpha value is -2.48. The van der Waals surface area contributed by atoms with Crippen LogP contribution in [-0.2, 0) is 35.5 Å². The topological polar surface area (TPSA) is 128 Å². The highest BCUT2D eigenvalue weighted by molar-refractivity contribution is 7.89. The predicted molar refractivity (Wildman–Crippen MR) is 129 cm³/mol. The molecule has 0 bridgehead atoms. The van der Waals surface area contributed by atoms with E-state index in [4.69, 9.17) is 37.2 Å². The number of benzene rings is 1. The number of thiophene rings is 1. The lowest BCUT2D eigenvalue weighted by Gasteiger charge is -2.28. The number of ether oxygens (including phenoxy) is 2. The van der Waals surface area contributed by atoms with Crippen molar-refractivity contribution in [2.24, 2.45) is 0 Å². The summed E-state index contributed by atoms with van der Waals surface area (Å²) in [5, 5.41) is 3.77. The molecule has 0 saturated carbocycles. The smallest absolute Gasteiger partial charge is 0.324 e. The number of carbonyl (C=O) groups excluding carboxylic acids is 2. The van der Waals surface area contributed by atoms with E-state index in [-0.39, 0.29) is 41.1 Å². The van der Waals surface area contributed by atoms with Crippen LogP contribution < -0.4 is 9.62 Å². The Morgan fingerprint density at radius 2 is 2.11 bits per heavy atom. The number of esters is 1. The van der Waals surface area contributed by atoms with E-state index in [1.165, 1.54) is 34.4 Å². The number of hydrogen-bond donors (Lipinski definition) is 1. The van der Waals surface area contributed by atoms with Gasteiger partial charge >= 0.3 is 5.97 Å². The quantitative estimate of drug-likeness (QED) is 0.417. The number of halogens is 2. The van der Waals surface area contributed by atoms with Crippen LogP contribution in [0.15, 0.2) is 45.8 Å². The maximum Gasteiger partial charge on any atom is 0.324 e. The molecule has 1 atom stereocenters. The normalized spacial score (nSPS) is 15.3. The van der Waals surface area contributed by atoms with Gasteiger partial charge in [-0.05, 0) is 24.3 Å². The van der Waals surface area contributed by atoms with E-state index in [0.717, 1.165) is 12.0 Å². The summed E-state index contributed by atoms with van der Waals surface area (Å²) in [6.07, 6.45) is -0.145. The van der Waals surface area contributed by atoms with E-state index in [9.17, 15) is 18.0 Å². The van der Waals surface area contributed by atoms with E-state index in [0.29, 0.717) is 22.4 Å². The van der Waals surface area contributed by atoms with E-state index in [2.05, 4.69) is 9.88 Å². The SMILES string of the molecule is COC(=O)[C@H](Cc1cc(-c2ccc(Cl)s2)on1)NS(=O)(=O)c1cccc(N2CCOCC2=O)c1Cl. The monoisotopic (exact) mass is 559 g/mol. The van der Waals surface area contributed by atoms with Crippen LogP contribution in [0.2, 0.25) is 9.36 Å². The molecule has 3 heterocycles. The maximum absolute atomic E-state index is 13.2. The standard InChI is InChI=1S/C21H19Cl2N3O7S2/c1-31-21(28)13(9-12-10-15(33-24-12)16-5-6-18(22)34-16)25-35(29,30)17-4-2-3-14(20(17)23)26-7-8-32-11-19(26)27/h2-6,10,13,25H,7-9,11H2,1H3/t13-/m0/s1. The number of nitrogens with zero attached hydrogens (tertiary/aromatic N) is 2. The first-order valence-corrected chi connectivity index (χ1v) is 13.2. The molecule has 0 unspecified atom stereocenters. The number of morpholine rings is 1. The van der Waals surface area contributed by atoms with Crippen LogP contribution in [0.5, 0.6) is 0 Å². The van der Waals surface area contributed by atoms with Gasteiger partial charge in [-0.1, -0.05) is 34.4 Å². The van der Waals surface area contributed by atoms with Gasteiger partial charge in [0.05, 0.1) is 39.3 Å². The molecule has 10 nitrogen and oxygen atoms in total. The van der Waals surface area contributed by atoms with Gasteiger partial charge in [0, 0.05) is 19.0 Å². The van der Waals surface area contributed by atoms with Crippen LogP contribution >= 0.6 is 34.5 Å². The fourth-order valence-electron chi connectivity index (χ4n) is 3.43. The molecule has 1 amide bonds. The van der Waals surface area contributed by atoms with Gasteiger partial charge in [-0.15, -0.1) is 11.3 Å². The fourth-order valence-corrected chi connectivity index (χ4v) is 6.24. The lowest BCUT2D eigenvalue weighted by atomic mass is 10.1. The maximum atomic E-state index is 13.2. The highest BCUT2D eigenvalue weighted by atomic mass is 35.5. The van der Waals surface area contributed by atoms with Crippen molar-refractivity contribution in [3.05, 3.63) is 51.5 Å².